The summed E-state index contributed by atoms with van der Waals surface area (Å²) >= 11 is 0. The van der Waals surface area contributed by atoms with Crippen LogP contribution in [0.4, 0.5) is 0 Å². The summed E-state index contributed by atoms with van der Waals surface area (Å²) in [7, 11) is -2.16. The number of allylic oxidation sites excluding steroid dienone is 1. The molecule has 2 rings (SSSR count). The number of ketones is 1. The Bertz CT molecular complexity index is 891. The third-order valence-corrected chi connectivity index (χ3v) is 6.11. The van der Waals surface area contributed by atoms with Crippen molar-refractivity contribution in [3.8, 4) is 0 Å². The molecule has 0 aliphatic carbocycles. The van der Waals surface area contributed by atoms with E-state index in [0.29, 0.717) is 13.1 Å². The van der Waals surface area contributed by atoms with Crippen LogP contribution in [0.5, 0.6) is 0 Å². The molecular weight excluding hydrogens is 374 g/mol. The molecular formula is C17H23N3O6S. The molecule has 0 unspecified atom stereocenters. The molecule has 1 aliphatic heterocycles. The van der Waals surface area contributed by atoms with Crippen molar-refractivity contribution in [3.63, 3.8) is 0 Å². The van der Waals surface area contributed by atoms with Crippen molar-refractivity contribution in [2.24, 2.45) is 7.05 Å². The van der Waals surface area contributed by atoms with Crippen LogP contribution >= 0.6 is 0 Å². The number of aliphatic hydroxyl groups is 1. The number of nitrogens with one attached hydrogen (secondary N) is 1. The summed E-state index contributed by atoms with van der Waals surface area (Å²) in [6, 6.07) is 1.23. The monoisotopic (exact) mass is 397 g/mol. The van der Waals surface area contributed by atoms with E-state index in [0.717, 1.165) is 12.8 Å². The van der Waals surface area contributed by atoms with Crippen LogP contribution in [0, 0.1) is 5.41 Å². The highest BCUT2D eigenvalue weighted by molar-refractivity contribution is 7.89. The van der Waals surface area contributed by atoms with Gasteiger partial charge in [0.2, 0.25) is 10.0 Å². The van der Waals surface area contributed by atoms with Gasteiger partial charge in [-0.15, -0.1) is 0 Å². The summed E-state index contributed by atoms with van der Waals surface area (Å²) in [4.78, 5) is 23.7. The second-order valence-electron chi connectivity index (χ2n) is 6.36. The quantitative estimate of drug-likeness (QED) is 0.310. The number of hydrogen-bond donors (Lipinski definition) is 2. The molecule has 148 valence electrons. The lowest BCUT2D eigenvalue weighted by atomic mass is 10.1. The Hall–Kier alpha value is -2.46. The van der Waals surface area contributed by atoms with Crippen LogP contribution in [-0.2, 0) is 26.6 Å². The zero-order valence-electron chi connectivity index (χ0n) is 15.5. The molecule has 0 spiro atoms. The van der Waals surface area contributed by atoms with Crippen LogP contribution < -0.4 is 0 Å². The molecule has 27 heavy (non-hydrogen) atoms. The van der Waals surface area contributed by atoms with Gasteiger partial charge in [-0.1, -0.05) is 0 Å². The highest BCUT2D eigenvalue weighted by Crippen LogP contribution is 2.23. The number of rotatable bonds is 7. The van der Waals surface area contributed by atoms with Gasteiger partial charge < -0.3 is 19.8 Å². The first kappa shape index (κ1) is 20.8. The third kappa shape index (κ3) is 4.45. The average Bonchev–Trinajstić information content (AvgIpc) is 3.22. The molecule has 2 heterocycles. The minimum absolute atomic E-state index is 0.00150. The molecule has 9 nitrogen and oxygen atoms in total. The van der Waals surface area contributed by atoms with Crippen molar-refractivity contribution in [2.45, 2.75) is 31.6 Å². The Labute approximate surface area is 157 Å². The Balaban J connectivity index is 2.18. The second-order valence-corrected chi connectivity index (χ2v) is 8.30. The number of esters is 1. The highest BCUT2D eigenvalue weighted by Gasteiger charge is 2.29. The van der Waals surface area contributed by atoms with Crippen molar-refractivity contribution in [3.05, 3.63) is 29.3 Å². The zero-order chi connectivity index (χ0) is 20.4. The summed E-state index contributed by atoms with van der Waals surface area (Å²) in [5, 5.41) is 17.4. The van der Waals surface area contributed by atoms with Crippen molar-refractivity contribution < 1.29 is 27.9 Å². The second kappa shape index (κ2) is 8.05. The van der Waals surface area contributed by atoms with Gasteiger partial charge in [0.25, 0.3) is 0 Å². The van der Waals surface area contributed by atoms with Gasteiger partial charge in [-0.05, 0) is 32.8 Å². The lowest BCUT2D eigenvalue weighted by molar-refractivity contribution is -0.113. The topological polar surface area (TPSA) is 130 Å². The van der Waals surface area contributed by atoms with Crippen LogP contribution in [-0.4, -0.2) is 59.6 Å². The third-order valence-electron chi connectivity index (χ3n) is 4.25. The maximum absolute atomic E-state index is 12.6. The smallest absolute Gasteiger partial charge is 0.355 e. The van der Waals surface area contributed by atoms with Crippen molar-refractivity contribution in [1.29, 1.82) is 5.41 Å². The fourth-order valence-electron chi connectivity index (χ4n) is 2.92. The summed E-state index contributed by atoms with van der Waals surface area (Å²) in [5.74, 6) is -1.89. The SMILES string of the molecule is CC(=N)/C(C(C)=O)=C(/O)COC(=O)c1cc(S(=O)(=O)N2CCCC2)cn1C. The molecule has 10 heteroatoms. The first-order valence-electron chi connectivity index (χ1n) is 8.38. The molecule has 0 amide bonds. The number of hydrogen-bond acceptors (Lipinski definition) is 7. The van der Waals surface area contributed by atoms with Gasteiger partial charge in [0.05, 0.1) is 5.57 Å². The van der Waals surface area contributed by atoms with Gasteiger partial charge in [0, 0.05) is 32.0 Å². The summed E-state index contributed by atoms with van der Waals surface area (Å²) in [5.41, 5.74) is -0.364. The van der Waals surface area contributed by atoms with E-state index in [4.69, 9.17) is 10.1 Å². The lowest BCUT2D eigenvalue weighted by Crippen LogP contribution is -2.27. The predicted molar refractivity (Wildman–Crippen MR) is 97.4 cm³/mol. The standard InChI is InChI=1S/C17H23N3O6S/c1-11(18)16(12(2)21)15(22)10-26-17(23)14-8-13(9-19(14)3)27(24,25)20-6-4-5-7-20/h8-9,18,22H,4-7,10H2,1-3H3/b16-15-,18-11?. The van der Waals surface area contributed by atoms with E-state index in [-0.39, 0.29) is 21.9 Å². The van der Waals surface area contributed by atoms with E-state index in [1.54, 1.807) is 0 Å². The van der Waals surface area contributed by atoms with Crippen LogP contribution in [0.2, 0.25) is 0 Å². The van der Waals surface area contributed by atoms with E-state index < -0.39 is 34.1 Å². The Kier molecular flexibility index (Phi) is 6.22. The molecule has 0 saturated carbocycles. The molecule has 1 aromatic rings. The first-order chi connectivity index (χ1) is 12.6. The largest absolute Gasteiger partial charge is 0.508 e. The van der Waals surface area contributed by atoms with Crippen LogP contribution in [0.3, 0.4) is 0 Å². The maximum Gasteiger partial charge on any atom is 0.355 e. The zero-order valence-corrected chi connectivity index (χ0v) is 16.3. The number of nitrogens with zero attached hydrogens (tertiary/aromatic N) is 2. The van der Waals surface area contributed by atoms with Gasteiger partial charge in [0.1, 0.15) is 23.0 Å². The molecule has 0 aromatic carbocycles. The molecule has 2 N–H and O–H groups in total. The molecule has 1 aromatic heterocycles. The van der Waals surface area contributed by atoms with Crippen molar-refractivity contribution in [1.82, 2.24) is 8.87 Å². The Morgan fingerprint density at radius 1 is 1.26 bits per heavy atom. The number of aryl methyl sites for hydroxylation is 1. The molecule has 1 aliphatic rings. The van der Waals surface area contributed by atoms with Gasteiger partial charge >= 0.3 is 5.97 Å². The van der Waals surface area contributed by atoms with Crippen molar-refractivity contribution in [2.75, 3.05) is 19.7 Å². The number of carbonyl (C=O) groups excluding carboxylic acids is 2. The molecule has 1 saturated heterocycles. The van der Waals surface area contributed by atoms with Crippen LogP contribution in [0.15, 0.2) is 28.5 Å². The fourth-order valence-corrected chi connectivity index (χ4v) is 4.51. The number of Topliss-reactive ketones (excluding diaryl/α,β-unsaturated/α-hetero) is 1. The summed E-state index contributed by atoms with van der Waals surface area (Å²) in [6.45, 7) is 2.84. The average molecular weight is 397 g/mol. The minimum atomic E-state index is -3.67. The van der Waals surface area contributed by atoms with Gasteiger partial charge in [-0.3, -0.25) is 4.79 Å². The van der Waals surface area contributed by atoms with Crippen LogP contribution in [0.25, 0.3) is 0 Å². The predicted octanol–water partition coefficient (Wildman–Crippen LogP) is 1.41. The van der Waals surface area contributed by atoms with E-state index in [1.165, 1.54) is 42.0 Å². The normalized spacial score (nSPS) is 16.1. The fraction of sp³-hybridized carbons (Fsp3) is 0.471. The molecule has 0 bridgehead atoms. The Morgan fingerprint density at radius 3 is 2.37 bits per heavy atom. The molecule has 1 fully saturated rings. The Morgan fingerprint density at radius 2 is 1.85 bits per heavy atom. The van der Waals surface area contributed by atoms with Gasteiger partial charge in [-0.2, -0.15) is 4.31 Å². The molecule has 0 radical (unpaired) electrons. The number of aromatic nitrogens is 1. The van der Waals surface area contributed by atoms with E-state index in [1.807, 2.05) is 0 Å². The lowest BCUT2D eigenvalue weighted by Gasteiger charge is -2.13. The first-order valence-corrected chi connectivity index (χ1v) is 9.82. The number of carbonyl (C=O) groups is 2. The summed E-state index contributed by atoms with van der Waals surface area (Å²) < 4.78 is 32.8. The molecule has 0 atom stereocenters. The number of aliphatic hydroxyl groups excluding tert-OH is 1. The minimum Gasteiger partial charge on any atom is -0.508 e. The number of sulfonamides is 1. The van der Waals surface area contributed by atoms with Gasteiger partial charge in [0.15, 0.2) is 5.78 Å². The van der Waals surface area contributed by atoms with Crippen molar-refractivity contribution >= 4 is 27.5 Å². The van der Waals surface area contributed by atoms with E-state index >= 15 is 0 Å². The van der Waals surface area contributed by atoms with Gasteiger partial charge in [-0.25, -0.2) is 13.2 Å². The number of ether oxygens (including phenoxy) is 1. The van der Waals surface area contributed by atoms with E-state index in [9.17, 15) is 23.1 Å². The summed E-state index contributed by atoms with van der Waals surface area (Å²) in [6.07, 6.45) is 2.94. The van der Waals surface area contributed by atoms with Crippen LogP contribution in [0.1, 0.15) is 37.2 Å². The highest BCUT2D eigenvalue weighted by atomic mass is 32.2. The maximum atomic E-state index is 12.6. The van der Waals surface area contributed by atoms with E-state index in [2.05, 4.69) is 0 Å².